The van der Waals surface area contributed by atoms with Crippen molar-refractivity contribution < 1.29 is 4.79 Å². The third-order valence-electron chi connectivity index (χ3n) is 2.20. The highest BCUT2D eigenvalue weighted by Gasteiger charge is 2.12. The van der Waals surface area contributed by atoms with Crippen LogP contribution in [0.25, 0.3) is 0 Å². The van der Waals surface area contributed by atoms with Crippen LogP contribution in [0, 0.1) is 0 Å². The lowest BCUT2D eigenvalue weighted by Crippen LogP contribution is -2.19. The number of aromatic nitrogens is 2. The van der Waals surface area contributed by atoms with Gasteiger partial charge in [0.2, 0.25) is 0 Å². The molecule has 1 aromatic rings. The second kappa shape index (κ2) is 4.18. The molecule has 1 unspecified atom stereocenters. The number of carbonyl (C=O) groups is 1. The molecule has 0 aromatic carbocycles. The average molecular weight is 181 g/mol. The molecule has 0 aliphatic rings. The molecule has 0 amide bonds. The maximum Gasteiger partial charge on any atom is 0.194 e. The van der Waals surface area contributed by atoms with Crippen LogP contribution >= 0.6 is 0 Å². The van der Waals surface area contributed by atoms with Gasteiger partial charge in [-0.15, -0.1) is 0 Å². The third kappa shape index (κ3) is 1.95. The predicted molar refractivity (Wildman–Crippen MR) is 50.6 cm³/mol. The molecule has 0 spiro atoms. The van der Waals surface area contributed by atoms with Gasteiger partial charge in [-0.1, -0.05) is 6.92 Å². The Bertz CT molecular complexity index is 293. The van der Waals surface area contributed by atoms with Crippen LogP contribution in [0.1, 0.15) is 36.8 Å². The van der Waals surface area contributed by atoms with Crippen molar-refractivity contribution in [1.29, 1.82) is 0 Å². The fourth-order valence-corrected chi connectivity index (χ4v) is 1.17. The maximum absolute atomic E-state index is 11.3. The number of nitrogens with two attached hydrogens (primary N) is 1. The molecule has 4 heteroatoms. The Hall–Kier alpha value is -1.16. The molecule has 1 atom stereocenters. The molecule has 4 nitrogen and oxygen atoms in total. The van der Waals surface area contributed by atoms with Crippen LogP contribution in [0.4, 0.5) is 0 Å². The van der Waals surface area contributed by atoms with E-state index in [2.05, 4.69) is 18.8 Å². The molecule has 1 aromatic heterocycles. The van der Waals surface area contributed by atoms with Crippen molar-refractivity contribution in [3.8, 4) is 0 Å². The number of rotatable bonds is 4. The van der Waals surface area contributed by atoms with Gasteiger partial charge >= 0.3 is 0 Å². The summed E-state index contributed by atoms with van der Waals surface area (Å²) in [5.41, 5.74) is 5.89. The molecule has 0 saturated heterocycles. The largest absolute Gasteiger partial charge is 0.325 e. The summed E-state index contributed by atoms with van der Waals surface area (Å²) < 4.78 is 1.87. The molecule has 0 aliphatic carbocycles. The molecule has 0 fully saturated rings. The minimum atomic E-state index is -0.0576. The number of ketones is 1. The quantitative estimate of drug-likeness (QED) is 0.705. The van der Waals surface area contributed by atoms with Gasteiger partial charge in [0.05, 0.1) is 19.1 Å². The van der Waals surface area contributed by atoms with Crippen molar-refractivity contribution in [1.82, 2.24) is 9.55 Å². The zero-order valence-corrected chi connectivity index (χ0v) is 8.03. The van der Waals surface area contributed by atoms with Crippen molar-refractivity contribution in [2.24, 2.45) is 5.73 Å². The van der Waals surface area contributed by atoms with Gasteiger partial charge in [0, 0.05) is 6.04 Å². The van der Waals surface area contributed by atoms with Crippen LogP contribution in [0.2, 0.25) is 0 Å². The molecule has 0 radical (unpaired) electrons. The molecule has 0 saturated carbocycles. The van der Waals surface area contributed by atoms with E-state index in [-0.39, 0.29) is 12.3 Å². The minimum absolute atomic E-state index is 0.0438. The summed E-state index contributed by atoms with van der Waals surface area (Å²) in [7, 11) is 0. The molecule has 0 aliphatic heterocycles. The van der Waals surface area contributed by atoms with Crippen LogP contribution in [-0.2, 0) is 0 Å². The van der Waals surface area contributed by atoms with Crippen molar-refractivity contribution in [3.05, 3.63) is 18.2 Å². The number of hydrogen-bond donors (Lipinski definition) is 1. The fraction of sp³-hybridized carbons (Fsp3) is 0.556. The Kier molecular flexibility index (Phi) is 3.19. The van der Waals surface area contributed by atoms with Gasteiger partial charge < -0.3 is 10.3 Å². The van der Waals surface area contributed by atoms with E-state index >= 15 is 0 Å². The van der Waals surface area contributed by atoms with E-state index in [1.165, 1.54) is 0 Å². The smallest absolute Gasteiger partial charge is 0.194 e. The van der Waals surface area contributed by atoms with E-state index in [4.69, 9.17) is 5.73 Å². The number of nitrogens with zero attached hydrogens (tertiary/aromatic N) is 2. The first kappa shape index (κ1) is 9.92. The summed E-state index contributed by atoms with van der Waals surface area (Å²) in [5, 5.41) is 0. The van der Waals surface area contributed by atoms with Gasteiger partial charge in [-0.05, 0) is 13.3 Å². The van der Waals surface area contributed by atoms with Crippen molar-refractivity contribution >= 4 is 5.78 Å². The zero-order valence-electron chi connectivity index (χ0n) is 8.03. The Morgan fingerprint density at radius 1 is 1.77 bits per heavy atom. The lowest BCUT2D eigenvalue weighted by Gasteiger charge is -2.12. The van der Waals surface area contributed by atoms with E-state index < -0.39 is 0 Å². The SMILES string of the molecule is CCC(C)n1cncc1C(=O)CN. The van der Waals surface area contributed by atoms with E-state index in [1.807, 2.05) is 4.57 Å². The zero-order chi connectivity index (χ0) is 9.84. The molecule has 1 heterocycles. The Balaban J connectivity index is 2.95. The minimum Gasteiger partial charge on any atom is -0.325 e. The summed E-state index contributed by atoms with van der Waals surface area (Å²) in [4.78, 5) is 15.3. The molecule has 2 N–H and O–H groups in total. The second-order valence-electron chi connectivity index (χ2n) is 3.07. The molecule has 72 valence electrons. The summed E-state index contributed by atoms with van der Waals surface area (Å²) in [6, 6.07) is 0.299. The number of Topliss-reactive ketones (excluding diaryl/α,β-unsaturated/α-hetero) is 1. The summed E-state index contributed by atoms with van der Waals surface area (Å²) in [6.45, 7) is 4.17. The third-order valence-corrected chi connectivity index (χ3v) is 2.20. The first-order chi connectivity index (χ1) is 6.20. The summed E-state index contributed by atoms with van der Waals surface area (Å²) in [5.74, 6) is -0.0576. The van der Waals surface area contributed by atoms with Gasteiger partial charge in [-0.25, -0.2) is 4.98 Å². The number of carbonyl (C=O) groups excluding carboxylic acids is 1. The van der Waals surface area contributed by atoms with Crippen molar-refractivity contribution in [2.75, 3.05) is 6.54 Å². The normalized spacial score (nSPS) is 12.8. The Morgan fingerprint density at radius 2 is 2.46 bits per heavy atom. The predicted octanol–water partition coefficient (Wildman–Crippen LogP) is 0.996. The summed E-state index contributed by atoms with van der Waals surface area (Å²) >= 11 is 0. The van der Waals surface area contributed by atoms with Gasteiger partial charge in [0.1, 0.15) is 5.69 Å². The topological polar surface area (TPSA) is 60.9 Å². The van der Waals surface area contributed by atoms with Crippen LogP contribution in [0.3, 0.4) is 0 Å². The highest BCUT2D eigenvalue weighted by Crippen LogP contribution is 2.12. The Labute approximate surface area is 77.8 Å². The van der Waals surface area contributed by atoms with Crippen LogP contribution in [0.5, 0.6) is 0 Å². The lowest BCUT2D eigenvalue weighted by atomic mass is 10.2. The average Bonchev–Trinajstić information content (AvgIpc) is 2.63. The molecule has 13 heavy (non-hydrogen) atoms. The van der Waals surface area contributed by atoms with Gasteiger partial charge in [0.25, 0.3) is 0 Å². The molecule has 1 rings (SSSR count). The number of hydrogen-bond acceptors (Lipinski definition) is 3. The van der Waals surface area contributed by atoms with Crippen LogP contribution in [0.15, 0.2) is 12.5 Å². The highest BCUT2D eigenvalue weighted by molar-refractivity contribution is 5.95. The number of imidazole rings is 1. The monoisotopic (exact) mass is 181 g/mol. The molecule has 0 bridgehead atoms. The first-order valence-electron chi connectivity index (χ1n) is 4.45. The lowest BCUT2D eigenvalue weighted by molar-refractivity contribution is 0.0990. The van der Waals surface area contributed by atoms with Crippen LogP contribution < -0.4 is 5.73 Å². The van der Waals surface area contributed by atoms with Crippen molar-refractivity contribution in [2.45, 2.75) is 26.3 Å². The standard InChI is InChI=1S/C9H15N3O/c1-3-7(2)12-6-11-5-8(12)9(13)4-10/h5-7H,3-4,10H2,1-2H3. The second-order valence-corrected chi connectivity index (χ2v) is 3.07. The molecular formula is C9H15N3O. The van der Waals surface area contributed by atoms with Gasteiger partial charge in [-0.3, -0.25) is 4.79 Å². The van der Waals surface area contributed by atoms with E-state index in [0.29, 0.717) is 11.7 Å². The summed E-state index contributed by atoms with van der Waals surface area (Å²) in [6.07, 6.45) is 4.22. The fourth-order valence-electron chi connectivity index (χ4n) is 1.17. The van der Waals surface area contributed by atoms with E-state index in [1.54, 1.807) is 12.5 Å². The van der Waals surface area contributed by atoms with E-state index in [0.717, 1.165) is 6.42 Å². The Morgan fingerprint density at radius 3 is 3.00 bits per heavy atom. The van der Waals surface area contributed by atoms with Crippen LogP contribution in [-0.4, -0.2) is 21.9 Å². The van der Waals surface area contributed by atoms with E-state index in [9.17, 15) is 4.79 Å². The van der Waals surface area contributed by atoms with Crippen molar-refractivity contribution in [3.63, 3.8) is 0 Å². The maximum atomic E-state index is 11.3. The molecular weight excluding hydrogens is 166 g/mol. The van der Waals surface area contributed by atoms with Gasteiger partial charge in [-0.2, -0.15) is 0 Å². The first-order valence-corrected chi connectivity index (χ1v) is 4.45. The highest BCUT2D eigenvalue weighted by atomic mass is 16.1. The van der Waals surface area contributed by atoms with Gasteiger partial charge in [0.15, 0.2) is 5.78 Å².